The summed E-state index contributed by atoms with van der Waals surface area (Å²) in [5, 5.41) is 0.0282. The van der Waals surface area contributed by atoms with Gasteiger partial charge in [-0.25, -0.2) is 0 Å². The first-order valence-corrected chi connectivity index (χ1v) is 3.87. The molecule has 0 unspecified atom stereocenters. The molecule has 1 aliphatic carbocycles. The smallest absolute Gasteiger partial charge is 0.166 e. The Bertz CT molecular complexity index is 338. The first-order chi connectivity index (χ1) is 5.91. The quantitative estimate of drug-likeness (QED) is 0.530. The van der Waals surface area contributed by atoms with Crippen LogP contribution in [0.2, 0.25) is 0 Å². The van der Waals surface area contributed by atoms with Gasteiger partial charge in [-0.2, -0.15) is 13.2 Å². The maximum atomic E-state index is 12.3. The van der Waals surface area contributed by atoms with Crippen LogP contribution in [-0.4, -0.2) is 6.18 Å². The van der Waals surface area contributed by atoms with Gasteiger partial charge in [-0.1, -0.05) is 11.6 Å². The van der Waals surface area contributed by atoms with Gasteiger partial charge in [0.05, 0.1) is 5.57 Å². The summed E-state index contributed by atoms with van der Waals surface area (Å²) in [7, 11) is 0. The lowest BCUT2D eigenvalue weighted by Gasteiger charge is -2.09. The van der Waals surface area contributed by atoms with Crippen molar-refractivity contribution in [3.8, 4) is 0 Å². The Labute approximate surface area is 78.7 Å². The monoisotopic (exact) mass is 206 g/mol. The van der Waals surface area contributed by atoms with E-state index in [-0.39, 0.29) is 10.6 Å². The van der Waals surface area contributed by atoms with Crippen molar-refractivity contribution in [1.82, 2.24) is 0 Å². The fraction of sp³-hybridized carbons (Fsp3) is 0.222. The molecule has 0 aromatic carbocycles. The van der Waals surface area contributed by atoms with Gasteiger partial charge in [0.15, 0.2) is 0 Å². The van der Waals surface area contributed by atoms with Gasteiger partial charge < -0.3 is 0 Å². The van der Waals surface area contributed by atoms with E-state index in [4.69, 9.17) is 11.6 Å². The molecule has 0 bridgehead atoms. The van der Waals surface area contributed by atoms with Gasteiger partial charge in [0.1, 0.15) is 0 Å². The molecule has 0 radical (unpaired) electrons. The Morgan fingerprint density at radius 1 is 1.31 bits per heavy atom. The summed E-state index contributed by atoms with van der Waals surface area (Å²) in [5.74, 6) is 0. The van der Waals surface area contributed by atoms with E-state index in [1.807, 2.05) is 0 Å². The molecule has 13 heavy (non-hydrogen) atoms. The number of alkyl halides is 3. The average Bonchev–Trinajstić information content (AvgIpc) is 2.11. The maximum absolute atomic E-state index is 12.3. The molecule has 70 valence electrons. The van der Waals surface area contributed by atoms with Gasteiger partial charge >= 0.3 is 6.18 Å². The van der Waals surface area contributed by atoms with Crippen molar-refractivity contribution in [2.45, 2.75) is 13.1 Å². The van der Waals surface area contributed by atoms with Gasteiger partial charge in [0.25, 0.3) is 0 Å². The zero-order chi connectivity index (χ0) is 10.1. The molecular weight excluding hydrogens is 201 g/mol. The van der Waals surface area contributed by atoms with Crippen molar-refractivity contribution < 1.29 is 13.2 Å². The lowest BCUT2D eigenvalue weighted by atomic mass is 10.1. The van der Waals surface area contributed by atoms with Crippen LogP contribution in [0, 0.1) is 0 Å². The largest absolute Gasteiger partial charge is 0.416 e. The van der Waals surface area contributed by atoms with Crippen LogP contribution in [-0.2, 0) is 0 Å². The second-order valence-electron chi connectivity index (χ2n) is 2.58. The summed E-state index contributed by atoms with van der Waals surface area (Å²) in [6.45, 7) is 1.37. The Morgan fingerprint density at radius 3 is 2.46 bits per heavy atom. The minimum Gasteiger partial charge on any atom is -0.166 e. The van der Waals surface area contributed by atoms with Crippen molar-refractivity contribution in [2.75, 3.05) is 0 Å². The van der Waals surface area contributed by atoms with Gasteiger partial charge in [0, 0.05) is 5.03 Å². The molecular formula is C9H6ClF3. The van der Waals surface area contributed by atoms with E-state index in [0.29, 0.717) is 0 Å². The fourth-order valence-corrected chi connectivity index (χ4v) is 1.09. The van der Waals surface area contributed by atoms with Crippen molar-refractivity contribution in [1.29, 1.82) is 0 Å². The fourth-order valence-electron chi connectivity index (χ4n) is 0.923. The summed E-state index contributed by atoms with van der Waals surface area (Å²) < 4.78 is 37.0. The summed E-state index contributed by atoms with van der Waals surface area (Å²) in [6, 6.07) is 0. The van der Waals surface area contributed by atoms with E-state index in [2.05, 4.69) is 5.73 Å². The highest BCUT2D eigenvalue weighted by molar-refractivity contribution is 6.31. The standard InChI is InChI=1S/C9H6ClF3/c1-6-3-2-4-7(10)5-8(6)9(11,12)13/h3-5H,1H3. The van der Waals surface area contributed by atoms with Crippen molar-refractivity contribution in [3.63, 3.8) is 0 Å². The van der Waals surface area contributed by atoms with Gasteiger partial charge in [-0.05, 0) is 30.7 Å². The minimum atomic E-state index is -4.36. The SMILES string of the molecule is CC1=C(C(F)(F)F)C=C(Cl)C=C=C1. The normalized spacial score (nSPS) is 17.5. The zero-order valence-electron chi connectivity index (χ0n) is 6.74. The highest BCUT2D eigenvalue weighted by atomic mass is 35.5. The van der Waals surface area contributed by atoms with Crippen LogP contribution in [0.25, 0.3) is 0 Å². The molecule has 0 spiro atoms. The molecule has 0 fully saturated rings. The number of halogens is 4. The van der Waals surface area contributed by atoms with E-state index in [1.165, 1.54) is 19.1 Å². The molecule has 1 rings (SSSR count). The molecule has 0 saturated heterocycles. The van der Waals surface area contributed by atoms with Crippen molar-refractivity contribution in [2.24, 2.45) is 0 Å². The van der Waals surface area contributed by atoms with E-state index >= 15 is 0 Å². The second kappa shape index (κ2) is 3.44. The van der Waals surface area contributed by atoms with E-state index in [9.17, 15) is 13.2 Å². The molecule has 0 heterocycles. The topological polar surface area (TPSA) is 0 Å². The molecule has 0 aliphatic heterocycles. The number of allylic oxidation sites excluding steroid dienone is 5. The summed E-state index contributed by atoms with van der Waals surface area (Å²) in [5.41, 5.74) is 1.93. The maximum Gasteiger partial charge on any atom is 0.416 e. The van der Waals surface area contributed by atoms with Gasteiger partial charge in [-0.15, -0.1) is 5.73 Å². The van der Waals surface area contributed by atoms with Crippen LogP contribution in [0.3, 0.4) is 0 Å². The number of hydrogen-bond donors (Lipinski definition) is 0. The highest BCUT2D eigenvalue weighted by Gasteiger charge is 2.33. The average molecular weight is 207 g/mol. The molecule has 4 heteroatoms. The van der Waals surface area contributed by atoms with Crippen LogP contribution in [0.5, 0.6) is 0 Å². The number of rotatable bonds is 0. The summed E-state index contributed by atoms with van der Waals surface area (Å²) in [6.07, 6.45) is -0.910. The lowest BCUT2D eigenvalue weighted by molar-refractivity contribution is -0.0887. The van der Waals surface area contributed by atoms with Crippen molar-refractivity contribution in [3.05, 3.63) is 40.1 Å². The first-order valence-electron chi connectivity index (χ1n) is 3.49. The highest BCUT2D eigenvalue weighted by Crippen LogP contribution is 2.32. The molecule has 0 N–H and O–H groups in total. The van der Waals surface area contributed by atoms with Gasteiger partial charge in [-0.3, -0.25) is 0 Å². The predicted octanol–water partition coefficient (Wildman–Crippen LogP) is 3.71. The Hall–Kier alpha value is -0.920. The van der Waals surface area contributed by atoms with E-state index in [1.54, 1.807) is 0 Å². The van der Waals surface area contributed by atoms with Crippen LogP contribution in [0.1, 0.15) is 6.92 Å². The van der Waals surface area contributed by atoms with Crippen LogP contribution < -0.4 is 0 Å². The molecule has 0 atom stereocenters. The van der Waals surface area contributed by atoms with Crippen molar-refractivity contribution >= 4 is 11.6 Å². The second-order valence-corrected chi connectivity index (χ2v) is 3.02. The first kappa shape index (κ1) is 10.2. The lowest BCUT2D eigenvalue weighted by Crippen LogP contribution is -2.11. The molecule has 0 amide bonds. The van der Waals surface area contributed by atoms with Gasteiger partial charge in [0.2, 0.25) is 0 Å². The molecule has 0 nitrogen and oxygen atoms in total. The number of hydrogen-bond acceptors (Lipinski definition) is 0. The molecule has 0 aromatic rings. The zero-order valence-corrected chi connectivity index (χ0v) is 7.50. The molecule has 0 saturated carbocycles. The van der Waals surface area contributed by atoms with Crippen LogP contribution >= 0.6 is 11.6 Å². The van der Waals surface area contributed by atoms with Crippen LogP contribution in [0.4, 0.5) is 13.2 Å². The third-order valence-corrected chi connectivity index (χ3v) is 1.75. The Morgan fingerprint density at radius 2 is 1.92 bits per heavy atom. The Kier molecular flexibility index (Phi) is 2.69. The van der Waals surface area contributed by atoms with E-state index in [0.717, 1.165) is 6.08 Å². The molecule has 1 aliphatic rings. The Balaban J connectivity index is 3.24. The third kappa shape index (κ3) is 2.51. The molecule has 0 aromatic heterocycles. The van der Waals surface area contributed by atoms with E-state index < -0.39 is 11.7 Å². The predicted molar refractivity (Wildman–Crippen MR) is 45.3 cm³/mol. The third-order valence-electron chi connectivity index (χ3n) is 1.53. The minimum absolute atomic E-state index is 0.0282. The summed E-state index contributed by atoms with van der Waals surface area (Å²) >= 11 is 5.48. The summed E-state index contributed by atoms with van der Waals surface area (Å²) in [4.78, 5) is 0. The van der Waals surface area contributed by atoms with Crippen LogP contribution in [0.15, 0.2) is 40.1 Å².